The first-order chi connectivity index (χ1) is 26.7. The lowest BCUT2D eigenvalue weighted by Gasteiger charge is -2.28. The van der Waals surface area contributed by atoms with E-state index in [0.717, 1.165) is 81.4 Å². The number of rotatable bonds is 7. The Balaban J connectivity index is 1.18. The average Bonchev–Trinajstić information content (AvgIpc) is 3.99. The first-order valence-electron chi connectivity index (χ1n) is 19.6. The van der Waals surface area contributed by atoms with Crippen molar-refractivity contribution in [2.24, 2.45) is 11.8 Å². The first-order valence-corrected chi connectivity index (χ1v) is 19.6. The van der Waals surface area contributed by atoms with Crippen LogP contribution in [0.3, 0.4) is 0 Å². The van der Waals surface area contributed by atoms with E-state index in [0.29, 0.717) is 35.4 Å². The quantitative estimate of drug-likeness (QED) is 0.140. The van der Waals surface area contributed by atoms with E-state index in [9.17, 15) is 4.79 Å². The average molecular weight is 732 g/mol. The number of anilines is 1. The molecule has 3 N–H and O–H groups in total. The van der Waals surface area contributed by atoms with Crippen molar-refractivity contribution in [2.45, 2.75) is 84.4 Å². The van der Waals surface area contributed by atoms with Crippen LogP contribution in [0.25, 0.3) is 44.9 Å². The van der Waals surface area contributed by atoms with Gasteiger partial charge in [-0.1, -0.05) is 79.6 Å². The van der Waals surface area contributed by atoms with Crippen molar-refractivity contribution in [3.05, 3.63) is 119 Å². The van der Waals surface area contributed by atoms with Crippen molar-refractivity contribution in [1.29, 1.82) is 0 Å². The number of carbonyl (C=O) groups excluding carboxylic acids is 1. The van der Waals surface area contributed by atoms with Gasteiger partial charge in [0.05, 0.1) is 6.20 Å². The van der Waals surface area contributed by atoms with Gasteiger partial charge in [0.1, 0.15) is 17.2 Å². The fourth-order valence-corrected chi connectivity index (χ4v) is 9.26. The Morgan fingerprint density at radius 2 is 1.82 bits per heavy atom. The van der Waals surface area contributed by atoms with Crippen molar-refractivity contribution in [2.75, 3.05) is 5.32 Å². The topological polar surface area (TPSA) is 118 Å². The number of carbonyl (C=O) groups is 1. The SMILES string of the molecule is CC(C)=CCC/C(C)=C/CCC1Cc2ccc3c(c2)C24c5cccc(c5N[C@H]2O3)-c2cccc3[nH]cc(c23)-c2cnc(o2)-c2nc(oc24)[C@H](C(C)C)NC1=O. The zero-order valence-electron chi connectivity index (χ0n) is 31.9. The van der Waals surface area contributed by atoms with E-state index in [1.54, 1.807) is 6.20 Å². The highest BCUT2D eigenvalue weighted by molar-refractivity contribution is 6.07. The third-order valence-electron chi connectivity index (χ3n) is 12.0. The van der Waals surface area contributed by atoms with Crippen LogP contribution in [0.15, 0.2) is 99.1 Å². The highest BCUT2D eigenvalue weighted by Gasteiger charge is 2.61. The zero-order valence-corrected chi connectivity index (χ0v) is 31.9. The normalized spacial score (nSPS) is 21.7. The lowest BCUT2D eigenvalue weighted by molar-refractivity contribution is -0.126. The van der Waals surface area contributed by atoms with Crippen LogP contribution in [0.1, 0.15) is 94.7 Å². The number of H-pyrrole nitrogens is 1. The number of hydrogen-bond donors (Lipinski definition) is 3. The van der Waals surface area contributed by atoms with Crippen molar-refractivity contribution in [3.8, 4) is 39.8 Å². The summed E-state index contributed by atoms with van der Waals surface area (Å²) in [5.74, 6) is 2.47. The van der Waals surface area contributed by atoms with E-state index >= 15 is 0 Å². The molecule has 0 radical (unpaired) electrons. The first kappa shape index (κ1) is 33.7. The number of nitrogens with zero attached hydrogens (tertiary/aromatic N) is 2. The number of benzene rings is 3. The van der Waals surface area contributed by atoms with Crippen LogP contribution in [-0.4, -0.2) is 27.1 Å². The number of aromatic amines is 1. The van der Waals surface area contributed by atoms with Gasteiger partial charge in [-0.05, 0) is 82.1 Å². The maximum atomic E-state index is 14.4. The van der Waals surface area contributed by atoms with Gasteiger partial charge in [-0.15, -0.1) is 0 Å². The second-order valence-electron chi connectivity index (χ2n) is 16.3. The summed E-state index contributed by atoms with van der Waals surface area (Å²) in [5, 5.41) is 8.30. The summed E-state index contributed by atoms with van der Waals surface area (Å²) < 4.78 is 20.7. The molecular weight excluding hydrogens is 687 g/mol. The maximum Gasteiger partial charge on any atom is 0.249 e. The Morgan fingerprint density at radius 3 is 2.67 bits per heavy atom. The number of para-hydroxylation sites is 1. The predicted molar refractivity (Wildman–Crippen MR) is 214 cm³/mol. The van der Waals surface area contributed by atoms with Crippen molar-refractivity contribution in [3.63, 3.8) is 0 Å². The molecule has 0 saturated carbocycles. The molecule has 1 spiro atoms. The Hall–Kier alpha value is -5.83. The molecule has 6 aromatic rings. The fraction of sp³-hybridized carbons (Fsp3) is 0.326. The molecule has 1 amide bonds. The standard InChI is InChI=1S/C46H45N5O4/c1-24(2)10-6-11-26(5)12-7-13-28-20-27-18-19-35-33(21-27)46-32-16-8-15-30(39(32)51-45(46)54-35)29-14-9-17-34-37(29)31(22-47-34)36-23-48-43(53-36)40-41(46)55-44(50-40)38(25(3)4)49-42(28)52/h8-10,12,14-19,21-23,25,28,38,45,47,51H,6-7,11,13,20H2,1-5H3,(H,49,52)/b26-12+/t28?,38-,45-,46?/m0/s1. The molecule has 278 valence electrons. The van der Waals surface area contributed by atoms with E-state index in [1.165, 1.54) is 11.1 Å². The van der Waals surface area contributed by atoms with Gasteiger partial charge in [0.2, 0.25) is 17.7 Å². The molecule has 3 aromatic carbocycles. The number of amides is 1. The summed E-state index contributed by atoms with van der Waals surface area (Å²) in [7, 11) is 0. The smallest absolute Gasteiger partial charge is 0.249 e. The molecule has 9 heteroatoms. The van der Waals surface area contributed by atoms with Crippen molar-refractivity contribution >= 4 is 22.5 Å². The summed E-state index contributed by atoms with van der Waals surface area (Å²) in [6.07, 6.45) is 12.0. The second-order valence-corrected chi connectivity index (χ2v) is 16.3. The summed E-state index contributed by atoms with van der Waals surface area (Å²) in [5.41, 5.74) is 10.3. The van der Waals surface area contributed by atoms with Gasteiger partial charge in [0.15, 0.2) is 23.4 Å². The Labute approximate surface area is 320 Å². The van der Waals surface area contributed by atoms with Crippen LogP contribution in [0.5, 0.6) is 5.75 Å². The molecule has 10 bridgehead atoms. The van der Waals surface area contributed by atoms with E-state index in [1.807, 2.05) is 6.20 Å². The molecule has 0 fully saturated rings. The summed E-state index contributed by atoms with van der Waals surface area (Å²) in [6, 6.07) is 18.7. The van der Waals surface area contributed by atoms with Crippen LogP contribution < -0.4 is 15.4 Å². The van der Waals surface area contributed by atoms with Crippen molar-refractivity contribution in [1.82, 2.24) is 20.3 Å². The summed E-state index contributed by atoms with van der Waals surface area (Å²) in [6.45, 7) is 10.6. The van der Waals surface area contributed by atoms with Crippen LogP contribution >= 0.6 is 0 Å². The predicted octanol–water partition coefficient (Wildman–Crippen LogP) is 10.4. The Morgan fingerprint density at radius 1 is 0.964 bits per heavy atom. The minimum absolute atomic E-state index is 0.00318. The second kappa shape index (κ2) is 12.6. The molecule has 4 atom stereocenters. The van der Waals surface area contributed by atoms with Gasteiger partial charge in [0, 0.05) is 51.0 Å². The van der Waals surface area contributed by atoms with E-state index in [4.69, 9.17) is 23.5 Å². The molecule has 55 heavy (non-hydrogen) atoms. The molecule has 9 nitrogen and oxygen atoms in total. The number of aromatic nitrogens is 3. The number of allylic oxidation sites excluding steroid dienone is 4. The van der Waals surface area contributed by atoms with Crippen LogP contribution in [0, 0.1) is 11.8 Å². The van der Waals surface area contributed by atoms with E-state index in [-0.39, 0.29) is 17.7 Å². The maximum absolute atomic E-state index is 14.4. The molecule has 4 aliphatic heterocycles. The van der Waals surface area contributed by atoms with E-state index < -0.39 is 17.7 Å². The lowest BCUT2D eigenvalue weighted by Crippen LogP contribution is -2.40. The molecule has 2 unspecified atom stereocenters. The number of oxazole rings is 2. The molecule has 0 aliphatic carbocycles. The number of ether oxygens (including phenoxy) is 1. The van der Waals surface area contributed by atoms with Crippen molar-refractivity contribution < 1.29 is 18.4 Å². The van der Waals surface area contributed by atoms with Gasteiger partial charge in [-0.25, -0.2) is 9.97 Å². The van der Waals surface area contributed by atoms with Gasteiger partial charge >= 0.3 is 0 Å². The molecule has 7 heterocycles. The summed E-state index contributed by atoms with van der Waals surface area (Å²) in [4.78, 5) is 28.0. The minimum atomic E-state index is -0.939. The highest BCUT2D eigenvalue weighted by Crippen LogP contribution is 2.61. The zero-order chi connectivity index (χ0) is 37.6. The highest BCUT2D eigenvalue weighted by atomic mass is 16.5. The largest absolute Gasteiger partial charge is 0.469 e. The molecule has 3 aromatic heterocycles. The fourth-order valence-electron chi connectivity index (χ4n) is 9.26. The number of fused-ring (bicyclic) bond motifs is 7. The Kier molecular flexibility index (Phi) is 7.73. The molecular formula is C46H45N5O4. The van der Waals surface area contributed by atoms with E-state index in [2.05, 4.69) is 117 Å². The van der Waals surface area contributed by atoms with Gasteiger partial charge in [-0.2, -0.15) is 0 Å². The third kappa shape index (κ3) is 5.15. The third-order valence-corrected chi connectivity index (χ3v) is 12.0. The molecule has 0 saturated heterocycles. The molecule has 10 rings (SSSR count). The Bertz CT molecular complexity index is 2580. The van der Waals surface area contributed by atoms with Crippen LogP contribution in [0.4, 0.5) is 5.69 Å². The van der Waals surface area contributed by atoms with Crippen LogP contribution in [-0.2, 0) is 16.6 Å². The molecule has 4 aliphatic rings. The summed E-state index contributed by atoms with van der Waals surface area (Å²) >= 11 is 0. The lowest BCUT2D eigenvalue weighted by atomic mass is 9.72. The number of hydrogen-bond acceptors (Lipinski definition) is 7. The van der Waals surface area contributed by atoms with Gasteiger partial charge in [-0.3, -0.25) is 4.79 Å². The van der Waals surface area contributed by atoms with Gasteiger partial charge < -0.3 is 29.2 Å². The van der Waals surface area contributed by atoms with Gasteiger partial charge in [0.25, 0.3) is 0 Å². The monoisotopic (exact) mass is 731 g/mol. The minimum Gasteiger partial charge on any atom is -0.469 e. The van der Waals surface area contributed by atoms with Crippen LogP contribution in [0.2, 0.25) is 0 Å². The number of nitrogens with one attached hydrogen (secondary N) is 3.